The smallest absolute Gasteiger partial charge is 0.416 e. The number of amides is 1. The van der Waals surface area contributed by atoms with E-state index in [1.807, 2.05) is 6.07 Å². The summed E-state index contributed by atoms with van der Waals surface area (Å²) in [4.78, 5) is 12.3. The summed E-state index contributed by atoms with van der Waals surface area (Å²) in [7, 11) is 0. The fraction of sp³-hybridized carbons (Fsp3) is 0.100. The third-order valence-electron chi connectivity index (χ3n) is 3.80. The van der Waals surface area contributed by atoms with Crippen LogP contribution in [-0.2, 0) is 12.6 Å². The Kier molecular flexibility index (Phi) is 4.99. The summed E-state index contributed by atoms with van der Waals surface area (Å²) in [6.45, 7) is 0. The first-order chi connectivity index (χ1) is 12.9. The summed E-state index contributed by atoms with van der Waals surface area (Å²) in [6.07, 6.45) is -4.19. The van der Waals surface area contributed by atoms with Crippen molar-refractivity contribution < 1.29 is 22.4 Å². The number of nitriles is 1. The Hall–Kier alpha value is -3.53. The topological polar surface area (TPSA) is 66.0 Å². The van der Waals surface area contributed by atoms with Crippen LogP contribution in [0.15, 0.2) is 65.1 Å². The molecule has 0 spiro atoms. The van der Waals surface area contributed by atoms with E-state index in [2.05, 4.69) is 5.32 Å². The van der Waals surface area contributed by atoms with Crippen LogP contribution in [0.2, 0.25) is 0 Å². The van der Waals surface area contributed by atoms with Gasteiger partial charge in [-0.15, -0.1) is 0 Å². The molecule has 27 heavy (non-hydrogen) atoms. The standard InChI is InChI=1S/C20H13F3N2O2/c21-20(22,23)15-3-1-2-14(12-15)17-8-9-18(27-17)19(26)25-16-6-4-13(5-7-16)10-11-24/h1-9,12H,10H2,(H,25,26). The van der Waals surface area contributed by atoms with Crippen molar-refractivity contribution in [1.29, 1.82) is 5.26 Å². The van der Waals surface area contributed by atoms with Crippen LogP contribution in [0.1, 0.15) is 21.7 Å². The van der Waals surface area contributed by atoms with Gasteiger partial charge in [0.15, 0.2) is 5.76 Å². The normalized spacial score (nSPS) is 11.0. The molecule has 1 N–H and O–H groups in total. The number of alkyl halides is 3. The van der Waals surface area contributed by atoms with E-state index in [1.165, 1.54) is 24.3 Å². The van der Waals surface area contributed by atoms with Gasteiger partial charge in [0.2, 0.25) is 0 Å². The number of benzene rings is 2. The molecule has 0 aliphatic carbocycles. The summed E-state index contributed by atoms with van der Waals surface area (Å²) < 4.78 is 43.9. The van der Waals surface area contributed by atoms with Gasteiger partial charge in [0.05, 0.1) is 18.1 Å². The van der Waals surface area contributed by atoms with Gasteiger partial charge in [-0.2, -0.15) is 18.4 Å². The highest BCUT2D eigenvalue weighted by Crippen LogP contribution is 2.32. The highest BCUT2D eigenvalue weighted by Gasteiger charge is 2.30. The molecule has 3 aromatic rings. The minimum absolute atomic E-state index is 0.0245. The average molecular weight is 370 g/mol. The lowest BCUT2D eigenvalue weighted by molar-refractivity contribution is -0.137. The molecule has 0 bridgehead atoms. The van der Waals surface area contributed by atoms with Crippen molar-refractivity contribution >= 4 is 11.6 Å². The molecule has 1 amide bonds. The minimum atomic E-state index is -4.46. The zero-order chi connectivity index (χ0) is 19.4. The molecule has 0 saturated heterocycles. The SMILES string of the molecule is N#CCc1ccc(NC(=O)c2ccc(-c3cccc(C(F)(F)F)c3)o2)cc1. The van der Waals surface area contributed by atoms with Crippen molar-refractivity contribution in [3.8, 4) is 17.4 Å². The van der Waals surface area contributed by atoms with E-state index in [0.717, 1.165) is 17.7 Å². The van der Waals surface area contributed by atoms with Gasteiger partial charge >= 0.3 is 6.18 Å². The van der Waals surface area contributed by atoms with Gasteiger partial charge in [0, 0.05) is 11.3 Å². The first-order valence-corrected chi connectivity index (χ1v) is 7.91. The number of halogens is 3. The van der Waals surface area contributed by atoms with Crippen LogP contribution in [0.3, 0.4) is 0 Å². The number of furan rings is 1. The Balaban J connectivity index is 1.75. The zero-order valence-electron chi connectivity index (χ0n) is 13.9. The average Bonchev–Trinajstić information content (AvgIpc) is 3.13. The van der Waals surface area contributed by atoms with Crippen molar-refractivity contribution in [2.24, 2.45) is 0 Å². The molecule has 3 rings (SSSR count). The molecular weight excluding hydrogens is 357 g/mol. The van der Waals surface area contributed by atoms with Crippen molar-refractivity contribution in [2.45, 2.75) is 12.6 Å². The molecule has 0 aliphatic heterocycles. The van der Waals surface area contributed by atoms with Gasteiger partial charge in [-0.1, -0.05) is 24.3 Å². The summed E-state index contributed by atoms with van der Waals surface area (Å²) in [5, 5.41) is 11.3. The number of rotatable bonds is 4. The van der Waals surface area contributed by atoms with Crippen LogP contribution in [0, 0.1) is 11.3 Å². The van der Waals surface area contributed by atoms with Crippen LogP contribution in [0.5, 0.6) is 0 Å². The molecule has 0 fully saturated rings. The molecule has 0 saturated carbocycles. The van der Waals surface area contributed by atoms with Crippen LogP contribution >= 0.6 is 0 Å². The number of anilines is 1. The van der Waals surface area contributed by atoms with Gasteiger partial charge in [0.25, 0.3) is 5.91 Å². The number of hydrogen-bond donors (Lipinski definition) is 1. The number of nitrogens with one attached hydrogen (secondary N) is 1. The van der Waals surface area contributed by atoms with Crippen molar-refractivity contribution in [3.63, 3.8) is 0 Å². The number of carbonyl (C=O) groups is 1. The summed E-state index contributed by atoms with van der Waals surface area (Å²) in [6, 6.07) is 16.3. The Morgan fingerprint density at radius 2 is 1.81 bits per heavy atom. The molecule has 7 heteroatoms. The first-order valence-electron chi connectivity index (χ1n) is 7.91. The fourth-order valence-electron chi connectivity index (χ4n) is 2.45. The predicted octanol–water partition coefficient (Wildman–Crippen LogP) is 5.28. The maximum atomic E-state index is 12.8. The maximum absolute atomic E-state index is 12.8. The molecule has 136 valence electrons. The maximum Gasteiger partial charge on any atom is 0.416 e. The van der Waals surface area contributed by atoms with Crippen LogP contribution in [0.4, 0.5) is 18.9 Å². The lowest BCUT2D eigenvalue weighted by atomic mass is 10.1. The zero-order valence-corrected chi connectivity index (χ0v) is 13.9. The van der Waals surface area contributed by atoms with E-state index in [1.54, 1.807) is 24.3 Å². The molecule has 0 unspecified atom stereocenters. The predicted molar refractivity (Wildman–Crippen MR) is 92.9 cm³/mol. The van der Waals surface area contributed by atoms with E-state index in [9.17, 15) is 18.0 Å². The summed E-state index contributed by atoms with van der Waals surface area (Å²) >= 11 is 0. The van der Waals surface area contributed by atoms with Gasteiger partial charge in [-0.25, -0.2) is 0 Å². The van der Waals surface area contributed by atoms with E-state index in [4.69, 9.17) is 9.68 Å². The number of nitrogens with zero attached hydrogens (tertiary/aromatic N) is 1. The molecule has 1 heterocycles. The Labute approximate surface area is 152 Å². The second kappa shape index (κ2) is 7.38. The molecular formula is C20H13F3N2O2. The molecule has 1 aromatic heterocycles. The lowest BCUT2D eigenvalue weighted by Crippen LogP contribution is -2.10. The van der Waals surface area contributed by atoms with E-state index in [0.29, 0.717) is 5.69 Å². The van der Waals surface area contributed by atoms with Crippen molar-refractivity contribution in [3.05, 3.63) is 77.6 Å². The Bertz CT molecular complexity index is 999. The van der Waals surface area contributed by atoms with Crippen LogP contribution < -0.4 is 5.32 Å². The first kappa shape index (κ1) is 18.3. The lowest BCUT2D eigenvalue weighted by Gasteiger charge is -2.07. The molecule has 0 radical (unpaired) electrons. The van der Waals surface area contributed by atoms with Gasteiger partial charge in [0.1, 0.15) is 5.76 Å². The number of carbonyl (C=O) groups excluding carboxylic acids is 1. The van der Waals surface area contributed by atoms with Crippen LogP contribution in [0.25, 0.3) is 11.3 Å². The Morgan fingerprint density at radius 1 is 1.07 bits per heavy atom. The largest absolute Gasteiger partial charge is 0.451 e. The van der Waals surface area contributed by atoms with Gasteiger partial charge in [-0.05, 0) is 42.0 Å². The quantitative estimate of drug-likeness (QED) is 0.679. The van der Waals surface area contributed by atoms with Crippen molar-refractivity contribution in [2.75, 3.05) is 5.32 Å². The second-order valence-electron chi connectivity index (χ2n) is 5.73. The molecule has 2 aromatic carbocycles. The molecule has 0 atom stereocenters. The van der Waals surface area contributed by atoms with Gasteiger partial charge in [-0.3, -0.25) is 4.79 Å². The van der Waals surface area contributed by atoms with Crippen molar-refractivity contribution in [1.82, 2.24) is 0 Å². The highest BCUT2D eigenvalue weighted by atomic mass is 19.4. The fourth-order valence-corrected chi connectivity index (χ4v) is 2.45. The third kappa shape index (κ3) is 4.36. The molecule has 4 nitrogen and oxygen atoms in total. The summed E-state index contributed by atoms with van der Waals surface area (Å²) in [5.41, 5.74) is 0.767. The second-order valence-corrected chi connectivity index (χ2v) is 5.73. The molecule has 0 aliphatic rings. The monoisotopic (exact) mass is 370 g/mol. The van der Waals surface area contributed by atoms with Crippen LogP contribution in [-0.4, -0.2) is 5.91 Å². The van der Waals surface area contributed by atoms with E-state index >= 15 is 0 Å². The Morgan fingerprint density at radius 3 is 2.48 bits per heavy atom. The number of hydrogen-bond acceptors (Lipinski definition) is 3. The minimum Gasteiger partial charge on any atom is -0.451 e. The summed E-state index contributed by atoms with van der Waals surface area (Å²) in [5.74, 6) is -0.389. The van der Waals surface area contributed by atoms with E-state index < -0.39 is 17.6 Å². The van der Waals surface area contributed by atoms with E-state index in [-0.39, 0.29) is 23.5 Å². The highest BCUT2D eigenvalue weighted by molar-refractivity contribution is 6.02. The third-order valence-corrected chi connectivity index (χ3v) is 3.80. The van der Waals surface area contributed by atoms with Gasteiger partial charge < -0.3 is 9.73 Å².